The number of halogens is 5. The molecule has 0 aliphatic rings. The first-order valence-corrected chi connectivity index (χ1v) is 11.9. The number of unbranched alkanes of at least 4 members (excludes halogenated alkanes) is 1. The minimum absolute atomic E-state index is 0.143. The van der Waals surface area contributed by atoms with Gasteiger partial charge in [0.2, 0.25) is 5.30 Å². The maximum atomic E-state index is 13.6. The Kier molecular flexibility index (Phi) is 9.66. The number of hydrogen-bond acceptors (Lipinski definition) is 5. The Bertz CT molecular complexity index is 1090. The van der Waals surface area contributed by atoms with Gasteiger partial charge in [0.05, 0.1) is 18.1 Å². The largest absolute Gasteiger partial charge is 0.591 e. The minimum Gasteiger partial charge on any atom is -0.591 e. The zero-order valence-corrected chi connectivity index (χ0v) is 20.3. The molecule has 2 heterocycles. The van der Waals surface area contributed by atoms with Gasteiger partial charge in [0.15, 0.2) is 0 Å². The van der Waals surface area contributed by atoms with E-state index in [2.05, 4.69) is 32.9 Å². The van der Waals surface area contributed by atoms with Crippen LogP contribution >= 0.6 is 24.0 Å². The van der Waals surface area contributed by atoms with Crippen LogP contribution in [0.15, 0.2) is 47.2 Å². The van der Waals surface area contributed by atoms with Crippen molar-refractivity contribution in [2.75, 3.05) is 0 Å². The lowest BCUT2D eigenvalue weighted by atomic mass is 10.0. The Morgan fingerprint density at radius 2 is 1.94 bits per heavy atom. The molecule has 0 aliphatic carbocycles. The van der Waals surface area contributed by atoms with Crippen molar-refractivity contribution >= 4 is 29.3 Å². The predicted molar refractivity (Wildman–Crippen MR) is 119 cm³/mol. The molecule has 6 nitrogen and oxygen atoms in total. The molecule has 33 heavy (non-hydrogen) atoms. The molecule has 178 valence electrons. The molecule has 3 rings (SSSR count). The Labute approximate surface area is 197 Å². The maximum absolute atomic E-state index is 13.6. The first-order chi connectivity index (χ1) is 15.5. The van der Waals surface area contributed by atoms with Crippen molar-refractivity contribution in [3.05, 3.63) is 64.3 Å². The van der Waals surface area contributed by atoms with Crippen LogP contribution in [0.5, 0.6) is 0 Å². The number of rotatable bonds is 6. The lowest BCUT2D eigenvalue weighted by Crippen LogP contribution is -2.12. The number of pyridine rings is 1. The van der Waals surface area contributed by atoms with Crippen LogP contribution < -0.4 is 15.9 Å². The molecular weight excluding hydrogens is 527 g/mol. The summed E-state index contributed by atoms with van der Waals surface area (Å²) in [6.45, 7) is 4.85. The van der Waals surface area contributed by atoms with E-state index in [1.54, 1.807) is 12.3 Å². The highest BCUT2D eigenvalue weighted by Crippen LogP contribution is 2.34. The number of hydrogen-bond donors (Lipinski definition) is 1. The number of aromatic nitrogens is 3. The summed E-state index contributed by atoms with van der Waals surface area (Å²) in [5.74, 6) is -0.262. The number of aryl methyl sites for hydroxylation is 1. The SMILES string of the molecule is CCCCn1ncc([C@@H](C)N)c1-c1cc(F)ccc1Br.O=[P+]([O-])c1ccc(C(F)(F)F)nc1. The molecule has 3 aromatic rings. The molecule has 0 fully saturated rings. The second kappa shape index (κ2) is 11.8. The quantitative estimate of drug-likeness (QED) is 0.341. The van der Waals surface area contributed by atoms with Gasteiger partial charge in [-0.3, -0.25) is 4.68 Å². The van der Waals surface area contributed by atoms with Gasteiger partial charge in [0.1, 0.15) is 11.5 Å². The summed E-state index contributed by atoms with van der Waals surface area (Å²) in [5, 5.41) is 4.18. The van der Waals surface area contributed by atoms with Gasteiger partial charge in [-0.2, -0.15) is 18.3 Å². The number of alkyl halides is 3. The van der Waals surface area contributed by atoms with E-state index < -0.39 is 19.9 Å². The summed E-state index contributed by atoms with van der Waals surface area (Å²) < 4.78 is 62.3. The van der Waals surface area contributed by atoms with Crippen molar-refractivity contribution in [1.29, 1.82) is 0 Å². The molecule has 0 aliphatic heterocycles. The van der Waals surface area contributed by atoms with E-state index in [0.29, 0.717) is 12.3 Å². The van der Waals surface area contributed by atoms with Crippen molar-refractivity contribution in [2.24, 2.45) is 5.73 Å². The third-order valence-electron chi connectivity index (χ3n) is 4.51. The number of nitrogens with two attached hydrogens (primary N) is 1. The summed E-state index contributed by atoms with van der Waals surface area (Å²) >= 11 is 3.49. The second-order valence-corrected chi connectivity index (χ2v) is 8.98. The van der Waals surface area contributed by atoms with Gasteiger partial charge in [-0.05, 0) is 43.7 Å². The molecule has 2 atom stereocenters. The summed E-state index contributed by atoms with van der Waals surface area (Å²) in [6, 6.07) is 6.02. The van der Waals surface area contributed by atoms with Crippen molar-refractivity contribution in [3.63, 3.8) is 0 Å². The van der Waals surface area contributed by atoms with E-state index in [1.165, 1.54) is 12.1 Å². The molecule has 12 heteroatoms. The van der Waals surface area contributed by atoms with E-state index in [0.717, 1.165) is 46.7 Å². The summed E-state index contributed by atoms with van der Waals surface area (Å²) in [6.07, 6.45) is 0.0335. The highest BCUT2D eigenvalue weighted by Gasteiger charge is 2.32. The highest BCUT2D eigenvalue weighted by molar-refractivity contribution is 9.10. The van der Waals surface area contributed by atoms with Gasteiger partial charge in [0, 0.05) is 28.2 Å². The monoisotopic (exact) mass is 548 g/mol. The zero-order valence-electron chi connectivity index (χ0n) is 17.8. The number of nitrogens with zero attached hydrogens (tertiary/aromatic N) is 3. The average molecular weight is 549 g/mol. The van der Waals surface area contributed by atoms with Gasteiger partial charge < -0.3 is 10.6 Å². The van der Waals surface area contributed by atoms with E-state index in [-0.39, 0.29) is 17.2 Å². The normalized spacial score (nSPS) is 12.7. The molecule has 0 radical (unpaired) electrons. The third kappa shape index (κ3) is 7.40. The zero-order chi connectivity index (χ0) is 24.8. The highest BCUT2D eigenvalue weighted by atomic mass is 79.9. The molecule has 0 spiro atoms. The van der Waals surface area contributed by atoms with Crippen LogP contribution in [0.2, 0.25) is 0 Å². The molecule has 2 aromatic heterocycles. The van der Waals surface area contributed by atoms with Crippen LogP contribution in [0.25, 0.3) is 11.3 Å². The van der Waals surface area contributed by atoms with E-state index >= 15 is 0 Å². The van der Waals surface area contributed by atoms with Crippen LogP contribution in [0, 0.1) is 5.82 Å². The summed E-state index contributed by atoms with van der Waals surface area (Å²) in [7, 11) is -2.87. The Morgan fingerprint density at radius 1 is 1.24 bits per heavy atom. The third-order valence-corrected chi connectivity index (χ3v) is 5.89. The predicted octanol–water partition coefficient (Wildman–Crippen LogP) is 5.10. The Morgan fingerprint density at radius 3 is 2.45 bits per heavy atom. The molecular formula is C21H22BrF4N4O2P. The Hall–Kier alpha value is -2.20. The van der Waals surface area contributed by atoms with Gasteiger partial charge >= 0.3 is 14.2 Å². The van der Waals surface area contributed by atoms with Crippen molar-refractivity contribution in [2.45, 2.75) is 45.5 Å². The smallest absolute Gasteiger partial charge is 0.433 e. The molecule has 1 unspecified atom stereocenters. The van der Waals surface area contributed by atoms with Crippen LogP contribution in [0.3, 0.4) is 0 Å². The van der Waals surface area contributed by atoms with E-state index in [4.69, 9.17) is 5.73 Å². The first kappa shape index (κ1) is 27.0. The lowest BCUT2D eigenvalue weighted by molar-refractivity contribution is -0.160. The molecule has 0 bridgehead atoms. The van der Waals surface area contributed by atoms with Crippen LogP contribution in [0.1, 0.15) is 44.0 Å². The van der Waals surface area contributed by atoms with E-state index in [9.17, 15) is 27.0 Å². The molecule has 1 aromatic carbocycles. The van der Waals surface area contributed by atoms with Crippen LogP contribution in [-0.2, 0) is 17.3 Å². The fraction of sp³-hybridized carbons (Fsp3) is 0.333. The lowest BCUT2D eigenvalue weighted by Gasteiger charge is -2.13. The molecule has 0 saturated carbocycles. The van der Waals surface area contributed by atoms with Crippen molar-refractivity contribution in [3.8, 4) is 11.3 Å². The second-order valence-electron chi connectivity index (χ2n) is 7.09. The fourth-order valence-corrected chi connectivity index (χ4v) is 3.63. The van der Waals surface area contributed by atoms with Gasteiger partial charge in [-0.15, -0.1) is 0 Å². The van der Waals surface area contributed by atoms with Crippen molar-refractivity contribution in [1.82, 2.24) is 14.8 Å². The standard InChI is InChI=1S/C15H19BrFN3.C6H3F3NO2P/c1-3-4-7-20-15(13(9-19-20)10(2)18)12-8-11(17)5-6-14(12)16;7-6(8,9)5-2-1-4(3-10-5)13(11)12/h5-6,8-10H,3-4,7,18H2,1-2H3;1-3H/t10-;/m1./s1. The van der Waals surface area contributed by atoms with Crippen LogP contribution in [-0.4, -0.2) is 14.8 Å². The van der Waals surface area contributed by atoms with Crippen LogP contribution in [0.4, 0.5) is 17.6 Å². The molecule has 2 N–H and O–H groups in total. The summed E-state index contributed by atoms with van der Waals surface area (Å²) in [4.78, 5) is 13.2. The Balaban J connectivity index is 0.000000257. The van der Waals surface area contributed by atoms with Gasteiger partial charge in [0.25, 0.3) is 0 Å². The maximum Gasteiger partial charge on any atom is 0.433 e. The average Bonchev–Trinajstić information content (AvgIpc) is 3.18. The number of benzene rings is 1. The van der Waals surface area contributed by atoms with Gasteiger partial charge in [-0.1, -0.05) is 33.8 Å². The molecule has 0 amide bonds. The first-order valence-electron chi connectivity index (χ1n) is 9.90. The minimum atomic E-state index is -4.53. The van der Waals surface area contributed by atoms with Crippen molar-refractivity contribution < 1.29 is 27.0 Å². The molecule has 0 saturated heterocycles. The fourth-order valence-electron chi connectivity index (χ4n) is 2.85. The summed E-state index contributed by atoms with van der Waals surface area (Å²) in [5.41, 5.74) is 7.55. The topological polar surface area (TPSA) is 96.9 Å². The van der Waals surface area contributed by atoms with E-state index in [1.807, 2.05) is 11.6 Å². The van der Waals surface area contributed by atoms with Gasteiger partial charge in [-0.25, -0.2) is 9.37 Å².